The van der Waals surface area contributed by atoms with Crippen LogP contribution in [0.1, 0.15) is 290 Å². The Hall–Kier alpha value is -2.05. The number of aliphatic hydroxyl groups excluding tert-OH is 8. The molecule has 1 amide bonds. The Morgan fingerprint density at radius 1 is 0.446 bits per heavy atom. The maximum absolute atomic E-state index is 13.3. The molecule has 14 nitrogen and oxygen atoms in total. The molecule has 2 saturated heterocycles. The van der Waals surface area contributed by atoms with E-state index in [2.05, 4.69) is 67.8 Å². The summed E-state index contributed by atoms with van der Waals surface area (Å²) in [6.07, 6.45) is 52.7. The number of carbonyl (C=O) groups is 1. The number of carbonyl (C=O) groups excluding carboxylic acids is 1. The molecule has 2 aliphatic heterocycles. The maximum atomic E-state index is 13.3. The second-order valence-corrected chi connectivity index (χ2v) is 24.3. The molecule has 2 aliphatic rings. The summed E-state index contributed by atoms with van der Waals surface area (Å²) in [6, 6.07) is -0.840. The van der Waals surface area contributed by atoms with Crippen LogP contribution in [0.25, 0.3) is 0 Å². The lowest BCUT2D eigenvalue weighted by Gasteiger charge is -2.46. The van der Waals surface area contributed by atoms with Crippen LogP contribution in [0.4, 0.5) is 0 Å². The highest BCUT2D eigenvalue weighted by molar-refractivity contribution is 5.76. The van der Waals surface area contributed by atoms with E-state index >= 15 is 0 Å². The lowest BCUT2D eigenvalue weighted by molar-refractivity contribution is -0.359. The first-order valence-corrected chi connectivity index (χ1v) is 34.4. The SMILES string of the molecule is CC/C=C\C/C=C\C/C=C\C/C=C\CCCCCCCCC(=O)NC(COC1OC(CO)C(OC2OC(CO)C(O)C(O)C2O)C(O)C1O)C(O)CCCCCCCCCCCCCCCCCCCCCCCCCCCCCCCC. The van der Waals surface area contributed by atoms with Crippen LogP contribution in [0, 0.1) is 0 Å². The van der Waals surface area contributed by atoms with Gasteiger partial charge in [0.25, 0.3) is 0 Å². The number of aliphatic hydroxyl groups is 8. The van der Waals surface area contributed by atoms with Crippen LogP contribution in [0.2, 0.25) is 0 Å². The van der Waals surface area contributed by atoms with Crippen molar-refractivity contribution in [1.29, 1.82) is 0 Å². The van der Waals surface area contributed by atoms with Crippen LogP contribution in [-0.2, 0) is 23.7 Å². The Morgan fingerprint density at radius 3 is 1.28 bits per heavy atom. The zero-order valence-electron chi connectivity index (χ0n) is 52.7. The van der Waals surface area contributed by atoms with E-state index in [1.807, 2.05) is 0 Å². The van der Waals surface area contributed by atoms with Gasteiger partial charge in [0, 0.05) is 6.42 Å². The highest BCUT2D eigenvalue weighted by atomic mass is 16.7. The topological polar surface area (TPSA) is 228 Å². The number of hydrogen-bond acceptors (Lipinski definition) is 13. The van der Waals surface area contributed by atoms with Crippen molar-refractivity contribution in [1.82, 2.24) is 5.32 Å². The molecule has 0 aromatic carbocycles. The van der Waals surface area contributed by atoms with Gasteiger partial charge >= 0.3 is 0 Å². The lowest BCUT2D eigenvalue weighted by atomic mass is 9.97. The molecule has 0 radical (unpaired) electrons. The molecule has 2 fully saturated rings. The molecular weight excluding hydrogens is 1050 g/mol. The quantitative estimate of drug-likeness (QED) is 0.0204. The molecule has 9 N–H and O–H groups in total. The van der Waals surface area contributed by atoms with Crippen LogP contribution >= 0.6 is 0 Å². The van der Waals surface area contributed by atoms with E-state index in [1.165, 1.54) is 167 Å². The van der Waals surface area contributed by atoms with Crippen molar-refractivity contribution >= 4 is 5.91 Å². The predicted octanol–water partition coefficient (Wildman–Crippen LogP) is 13.5. The minimum Gasteiger partial charge on any atom is -0.394 e. The molecule has 2 rings (SSSR count). The van der Waals surface area contributed by atoms with E-state index in [-0.39, 0.29) is 18.9 Å². The number of nitrogens with one attached hydrogen (secondary N) is 1. The van der Waals surface area contributed by atoms with Gasteiger partial charge in [0.05, 0.1) is 32.0 Å². The molecule has 12 unspecified atom stereocenters. The average Bonchev–Trinajstić information content (AvgIpc) is 3.64. The summed E-state index contributed by atoms with van der Waals surface area (Å²) in [5.41, 5.74) is 0. The van der Waals surface area contributed by atoms with Gasteiger partial charge < -0.3 is 65.1 Å². The molecule has 0 aliphatic carbocycles. The molecule has 14 heteroatoms. The smallest absolute Gasteiger partial charge is 0.220 e. The van der Waals surface area contributed by atoms with Crippen molar-refractivity contribution in [3.05, 3.63) is 48.6 Å². The zero-order chi connectivity index (χ0) is 60.2. The van der Waals surface area contributed by atoms with E-state index in [0.29, 0.717) is 12.8 Å². The third kappa shape index (κ3) is 38.8. The van der Waals surface area contributed by atoms with E-state index in [0.717, 1.165) is 89.9 Å². The van der Waals surface area contributed by atoms with E-state index in [9.17, 15) is 45.6 Å². The van der Waals surface area contributed by atoms with E-state index in [4.69, 9.17) is 18.9 Å². The highest BCUT2D eigenvalue weighted by Gasteiger charge is 2.51. The molecular formula is C69H127NO13. The fraction of sp³-hybridized carbons (Fsp3) is 0.870. The van der Waals surface area contributed by atoms with Crippen molar-refractivity contribution in [3.63, 3.8) is 0 Å². The first-order chi connectivity index (χ1) is 40.6. The lowest BCUT2D eigenvalue weighted by Crippen LogP contribution is -2.65. The summed E-state index contributed by atoms with van der Waals surface area (Å²) < 4.78 is 22.9. The predicted molar refractivity (Wildman–Crippen MR) is 337 cm³/mol. The van der Waals surface area contributed by atoms with Crippen LogP contribution in [-0.4, -0.2) is 140 Å². The van der Waals surface area contributed by atoms with E-state index in [1.54, 1.807) is 0 Å². The van der Waals surface area contributed by atoms with Crippen LogP contribution in [0.3, 0.4) is 0 Å². The molecule has 0 bridgehead atoms. The molecule has 2 heterocycles. The number of rotatable bonds is 56. The molecule has 486 valence electrons. The normalized spacial score (nSPS) is 24.1. The second-order valence-electron chi connectivity index (χ2n) is 24.3. The van der Waals surface area contributed by atoms with Gasteiger partial charge in [-0.15, -0.1) is 0 Å². The minimum atomic E-state index is -1.79. The first kappa shape index (κ1) is 77.0. The molecule has 0 aromatic rings. The Bertz CT molecular complexity index is 1580. The van der Waals surface area contributed by atoms with Gasteiger partial charge in [0.2, 0.25) is 5.91 Å². The Balaban J connectivity index is 1.66. The maximum Gasteiger partial charge on any atom is 0.220 e. The third-order valence-electron chi connectivity index (χ3n) is 16.8. The Kier molecular flexibility index (Phi) is 50.2. The summed E-state index contributed by atoms with van der Waals surface area (Å²) in [5.74, 6) is -0.218. The third-order valence-corrected chi connectivity index (χ3v) is 16.8. The van der Waals surface area contributed by atoms with Gasteiger partial charge in [0.1, 0.15) is 48.8 Å². The number of hydrogen-bond donors (Lipinski definition) is 9. The van der Waals surface area contributed by atoms with Gasteiger partial charge in [-0.1, -0.05) is 281 Å². The molecule has 0 saturated carbocycles. The zero-order valence-corrected chi connectivity index (χ0v) is 52.7. The monoisotopic (exact) mass is 1180 g/mol. The minimum absolute atomic E-state index is 0.218. The number of allylic oxidation sites excluding steroid dienone is 8. The van der Waals surface area contributed by atoms with Crippen LogP contribution < -0.4 is 5.32 Å². The van der Waals surface area contributed by atoms with Crippen LogP contribution in [0.15, 0.2) is 48.6 Å². The molecule has 12 atom stereocenters. The number of amides is 1. The summed E-state index contributed by atoms with van der Waals surface area (Å²) >= 11 is 0. The van der Waals surface area contributed by atoms with Gasteiger partial charge in [-0.2, -0.15) is 0 Å². The summed E-state index contributed by atoms with van der Waals surface area (Å²) in [4.78, 5) is 13.3. The largest absolute Gasteiger partial charge is 0.394 e. The van der Waals surface area contributed by atoms with Crippen molar-refractivity contribution in [2.45, 2.75) is 364 Å². The van der Waals surface area contributed by atoms with Gasteiger partial charge in [0.15, 0.2) is 12.6 Å². The molecule has 83 heavy (non-hydrogen) atoms. The van der Waals surface area contributed by atoms with E-state index < -0.39 is 86.8 Å². The Morgan fingerprint density at radius 2 is 0.831 bits per heavy atom. The van der Waals surface area contributed by atoms with Crippen molar-refractivity contribution < 1.29 is 64.6 Å². The average molecular weight is 1180 g/mol. The Labute approximate surface area is 505 Å². The fourth-order valence-electron chi connectivity index (χ4n) is 11.3. The standard InChI is InChI=1S/C69H127NO13/c1-3-5-7-9-11-13-15-17-19-21-23-24-25-26-27-28-29-30-31-32-33-35-36-38-40-42-44-46-48-50-52-58(73)57(70-61(74)53-51-49-47-45-43-41-39-37-34-22-20-18-16-14-12-10-8-6-4-2)56-80-68-66(79)64(77)67(60(55-72)82-68)83-69-65(78)63(76)62(75)59(54-71)81-69/h6,8,12,14,18,20,34,37,57-60,62-69,71-73,75-79H,3-5,7,9-11,13,15-17,19,21-33,35-36,38-56H2,1-2H3,(H,70,74)/b8-6-,14-12-,20-18-,37-34-. The van der Waals surface area contributed by atoms with Crippen molar-refractivity contribution in [2.75, 3.05) is 19.8 Å². The first-order valence-electron chi connectivity index (χ1n) is 34.4. The van der Waals surface area contributed by atoms with Gasteiger partial charge in [-0.05, 0) is 51.4 Å². The van der Waals surface area contributed by atoms with Gasteiger partial charge in [-0.3, -0.25) is 4.79 Å². The summed E-state index contributed by atoms with van der Waals surface area (Å²) in [6.45, 7) is 2.77. The molecule has 0 spiro atoms. The second kappa shape index (κ2) is 54.1. The summed E-state index contributed by atoms with van der Waals surface area (Å²) in [7, 11) is 0. The van der Waals surface area contributed by atoms with Gasteiger partial charge in [-0.25, -0.2) is 0 Å². The van der Waals surface area contributed by atoms with Crippen LogP contribution in [0.5, 0.6) is 0 Å². The number of ether oxygens (including phenoxy) is 4. The summed E-state index contributed by atoms with van der Waals surface area (Å²) in [5, 5.41) is 87.5. The van der Waals surface area contributed by atoms with Crippen molar-refractivity contribution in [3.8, 4) is 0 Å². The highest BCUT2D eigenvalue weighted by Crippen LogP contribution is 2.30. The van der Waals surface area contributed by atoms with Crippen molar-refractivity contribution in [2.24, 2.45) is 0 Å². The molecule has 0 aromatic heterocycles. The fourth-order valence-corrected chi connectivity index (χ4v) is 11.3. The number of unbranched alkanes of at least 4 members (excludes halogenated alkanes) is 35.